The molecule has 7 heteroatoms. The second kappa shape index (κ2) is 6.24. The number of hydrogen-bond acceptors (Lipinski definition) is 4. The van der Waals surface area contributed by atoms with Gasteiger partial charge in [0.05, 0.1) is 19.1 Å². The molecule has 3 rings (SSSR count). The van der Waals surface area contributed by atoms with Crippen LogP contribution in [-0.4, -0.2) is 71.1 Å². The summed E-state index contributed by atoms with van der Waals surface area (Å²) in [6.07, 6.45) is 3.66. The summed E-state index contributed by atoms with van der Waals surface area (Å²) in [5.74, 6) is -1.43. The third-order valence-corrected chi connectivity index (χ3v) is 4.93. The molecule has 2 saturated heterocycles. The molecule has 2 amide bonds. The molecular formula is C15H22N2O5. The van der Waals surface area contributed by atoms with Gasteiger partial charge < -0.3 is 19.6 Å². The van der Waals surface area contributed by atoms with Gasteiger partial charge in [0.1, 0.15) is 0 Å². The van der Waals surface area contributed by atoms with Crippen molar-refractivity contribution in [3.8, 4) is 0 Å². The van der Waals surface area contributed by atoms with E-state index in [1.54, 1.807) is 4.90 Å². The van der Waals surface area contributed by atoms with E-state index in [2.05, 4.69) is 0 Å². The lowest BCUT2D eigenvalue weighted by atomic mass is 10.1. The van der Waals surface area contributed by atoms with E-state index in [0.717, 1.165) is 25.7 Å². The first-order valence-electron chi connectivity index (χ1n) is 7.99. The van der Waals surface area contributed by atoms with Crippen molar-refractivity contribution in [1.29, 1.82) is 0 Å². The average Bonchev–Trinajstić information content (AvgIpc) is 3.15. The lowest BCUT2D eigenvalue weighted by Gasteiger charge is -2.32. The van der Waals surface area contributed by atoms with Gasteiger partial charge in [-0.25, -0.2) is 4.79 Å². The normalized spacial score (nSPS) is 30.1. The first-order valence-corrected chi connectivity index (χ1v) is 7.99. The zero-order chi connectivity index (χ0) is 15.7. The lowest BCUT2D eigenvalue weighted by molar-refractivity contribution is -0.160. The fourth-order valence-corrected chi connectivity index (χ4v) is 3.72. The minimum absolute atomic E-state index is 0.0632. The predicted octanol–water partition coefficient (Wildman–Crippen LogP) is 0.0895. The molecule has 0 aromatic carbocycles. The van der Waals surface area contributed by atoms with Crippen LogP contribution >= 0.6 is 0 Å². The minimum Gasteiger partial charge on any atom is -0.479 e. The van der Waals surface area contributed by atoms with E-state index >= 15 is 0 Å². The number of rotatable bonds is 3. The van der Waals surface area contributed by atoms with Crippen LogP contribution in [0.2, 0.25) is 0 Å². The van der Waals surface area contributed by atoms with Crippen LogP contribution in [-0.2, 0) is 19.1 Å². The Labute approximate surface area is 129 Å². The van der Waals surface area contributed by atoms with Gasteiger partial charge in [0, 0.05) is 25.6 Å². The summed E-state index contributed by atoms with van der Waals surface area (Å²) in [5.41, 5.74) is 0. The molecule has 1 aliphatic carbocycles. The topological polar surface area (TPSA) is 87.2 Å². The van der Waals surface area contributed by atoms with Gasteiger partial charge in [-0.05, 0) is 12.8 Å². The fraction of sp³-hybridized carbons (Fsp3) is 0.800. The first-order chi connectivity index (χ1) is 10.6. The second-order valence-corrected chi connectivity index (χ2v) is 6.37. The number of carboxylic acid groups (broad SMARTS) is 1. The maximum atomic E-state index is 12.6. The number of likely N-dealkylation sites (tertiary alicyclic amines) is 1. The Morgan fingerprint density at radius 1 is 1.18 bits per heavy atom. The number of carbonyl (C=O) groups excluding carboxylic acids is 2. The predicted molar refractivity (Wildman–Crippen MR) is 76.0 cm³/mol. The standard InChI is InChI=1S/C15H22N2O5/c18-13-7-10(8-17(13)11-3-1-2-4-11)14(19)16-5-6-22-12(9-16)15(20)21/h10-12H,1-9H2,(H,20,21)/t10-,12+/m1/s1. The van der Waals surface area contributed by atoms with Gasteiger partial charge in [0.2, 0.25) is 11.8 Å². The van der Waals surface area contributed by atoms with Crippen LogP contribution in [0.4, 0.5) is 0 Å². The molecule has 122 valence electrons. The van der Waals surface area contributed by atoms with E-state index in [9.17, 15) is 14.4 Å². The van der Waals surface area contributed by atoms with Crippen molar-refractivity contribution >= 4 is 17.8 Å². The number of carbonyl (C=O) groups is 3. The monoisotopic (exact) mass is 310 g/mol. The molecule has 22 heavy (non-hydrogen) atoms. The zero-order valence-corrected chi connectivity index (χ0v) is 12.6. The van der Waals surface area contributed by atoms with E-state index in [1.165, 1.54) is 0 Å². The highest BCUT2D eigenvalue weighted by Gasteiger charge is 2.41. The third kappa shape index (κ3) is 2.95. The number of aliphatic carboxylic acids is 1. The van der Waals surface area contributed by atoms with Crippen LogP contribution < -0.4 is 0 Å². The number of hydrogen-bond donors (Lipinski definition) is 1. The maximum absolute atomic E-state index is 12.6. The molecule has 0 aromatic rings. The van der Waals surface area contributed by atoms with Gasteiger partial charge in [-0.2, -0.15) is 0 Å². The van der Waals surface area contributed by atoms with Crippen molar-refractivity contribution < 1.29 is 24.2 Å². The first kappa shape index (κ1) is 15.3. The Morgan fingerprint density at radius 3 is 2.59 bits per heavy atom. The highest BCUT2D eigenvalue weighted by Crippen LogP contribution is 2.30. The summed E-state index contributed by atoms with van der Waals surface area (Å²) in [7, 11) is 0. The van der Waals surface area contributed by atoms with Crippen molar-refractivity contribution in [3.63, 3.8) is 0 Å². The van der Waals surface area contributed by atoms with Gasteiger partial charge >= 0.3 is 5.97 Å². The molecule has 1 saturated carbocycles. The van der Waals surface area contributed by atoms with Gasteiger partial charge in [0.15, 0.2) is 6.10 Å². The molecule has 0 spiro atoms. The number of ether oxygens (including phenoxy) is 1. The number of morpholine rings is 1. The summed E-state index contributed by atoms with van der Waals surface area (Å²) < 4.78 is 5.14. The van der Waals surface area contributed by atoms with Crippen LogP contribution in [0.1, 0.15) is 32.1 Å². The van der Waals surface area contributed by atoms with E-state index in [0.29, 0.717) is 19.1 Å². The van der Waals surface area contributed by atoms with Gasteiger partial charge in [0.25, 0.3) is 0 Å². The zero-order valence-electron chi connectivity index (χ0n) is 12.6. The quantitative estimate of drug-likeness (QED) is 0.798. The van der Waals surface area contributed by atoms with Crippen molar-refractivity contribution in [3.05, 3.63) is 0 Å². The van der Waals surface area contributed by atoms with Crippen LogP contribution in [0.5, 0.6) is 0 Å². The molecule has 0 bridgehead atoms. The summed E-state index contributed by atoms with van der Waals surface area (Å²) in [6, 6.07) is 0.293. The van der Waals surface area contributed by atoms with Gasteiger partial charge in [-0.3, -0.25) is 9.59 Å². The van der Waals surface area contributed by atoms with Crippen molar-refractivity contribution in [2.24, 2.45) is 5.92 Å². The van der Waals surface area contributed by atoms with Crippen LogP contribution in [0.25, 0.3) is 0 Å². The molecule has 2 aliphatic heterocycles. The summed E-state index contributed by atoms with van der Waals surface area (Å²) >= 11 is 0. The Balaban J connectivity index is 1.60. The Morgan fingerprint density at radius 2 is 1.91 bits per heavy atom. The third-order valence-electron chi connectivity index (χ3n) is 4.93. The van der Waals surface area contributed by atoms with Crippen LogP contribution in [0.3, 0.4) is 0 Å². The highest BCUT2D eigenvalue weighted by molar-refractivity contribution is 5.89. The molecule has 3 fully saturated rings. The Kier molecular flexibility index (Phi) is 4.33. The fourth-order valence-electron chi connectivity index (χ4n) is 3.72. The maximum Gasteiger partial charge on any atom is 0.334 e. The minimum atomic E-state index is -1.05. The summed E-state index contributed by atoms with van der Waals surface area (Å²) in [4.78, 5) is 39.1. The van der Waals surface area contributed by atoms with E-state index < -0.39 is 12.1 Å². The molecule has 0 radical (unpaired) electrons. The average molecular weight is 310 g/mol. The largest absolute Gasteiger partial charge is 0.479 e. The molecule has 7 nitrogen and oxygen atoms in total. The van der Waals surface area contributed by atoms with E-state index in [-0.39, 0.29) is 37.3 Å². The van der Waals surface area contributed by atoms with Gasteiger partial charge in [-0.15, -0.1) is 0 Å². The number of amides is 2. The Hall–Kier alpha value is -1.63. The highest BCUT2D eigenvalue weighted by atomic mass is 16.5. The molecule has 0 unspecified atom stereocenters. The van der Waals surface area contributed by atoms with Crippen molar-refractivity contribution in [2.45, 2.75) is 44.2 Å². The lowest BCUT2D eigenvalue weighted by Crippen LogP contribution is -2.50. The summed E-state index contributed by atoms with van der Waals surface area (Å²) in [6.45, 7) is 1.19. The number of carboxylic acids is 1. The molecule has 2 atom stereocenters. The molecule has 2 heterocycles. The molecule has 3 aliphatic rings. The van der Waals surface area contributed by atoms with Crippen molar-refractivity contribution in [1.82, 2.24) is 9.80 Å². The Bertz CT molecular complexity index is 475. The number of nitrogens with zero attached hydrogens (tertiary/aromatic N) is 2. The molecular weight excluding hydrogens is 288 g/mol. The second-order valence-electron chi connectivity index (χ2n) is 6.37. The summed E-state index contributed by atoms with van der Waals surface area (Å²) in [5, 5.41) is 9.01. The van der Waals surface area contributed by atoms with Crippen LogP contribution in [0, 0.1) is 5.92 Å². The van der Waals surface area contributed by atoms with Gasteiger partial charge in [-0.1, -0.05) is 12.8 Å². The van der Waals surface area contributed by atoms with E-state index in [4.69, 9.17) is 9.84 Å². The SMILES string of the molecule is O=C(O)[C@@H]1CN(C(=O)[C@@H]2CC(=O)N(C3CCCC3)C2)CCO1. The van der Waals surface area contributed by atoms with Crippen molar-refractivity contribution in [2.75, 3.05) is 26.2 Å². The van der Waals surface area contributed by atoms with E-state index in [1.807, 2.05) is 4.90 Å². The van der Waals surface area contributed by atoms with Crippen LogP contribution in [0.15, 0.2) is 0 Å². The molecule has 1 N–H and O–H groups in total. The smallest absolute Gasteiger partial charge is 0.334 e. The molecule has 0 aromatic heterocycles.